The van der Waals surface area contributed by atoms with Crippen molar-refractivity contribution in [1.29, 1.82) is 0 Å². The molecule has 1 aliphatic heterocycles. The Balaban J connectivity index is 0.000000129. The third-order valence-corrected chi connectivity index (χ3v) is 18.8. The van der Waals surface area contributed by atoms with Gasteiger partial charge >= 0.3 is 7.12 Å². The van der Waals surface area contributed by atoms with Crippen molar-refractivity contribution < 1.29 is 9.31 Å². The maximum absolute atomic E-state index is 6.74. The minimum atomic E-state index is -0.307. The van der Waals surface area contributed by atoms with E-state index in [4.69, 9.17) is 30.9 Å². The summed E-state index contributed by atoms with van der Waals surface area (Å²) < 4.78 is 12.1. The lowest BCUT2D eigenvalue weighted by Crippen LogP contribution is -2.41. The van der Waals surface area contributed by atoms with Crippen molar-refractivity contribution in [2.45, 2.75) is 46.3 Å². The van der Waals surface area contributed by atoms with E-state index in [9.17, 15) is 0 Å². The zero-order valence-electron chi connectivity index (χ0n) is 52.6. The average Bonchev–Trinajstić information content (AvgIpc) is 1.78. The number of nitrogens with zero attached hydrogens (tertiary/aromatic N) is 4. The van der Waals surface area contributed by atoms with Crippen molar-refractivity contribution in [2.24, 2.45) is 0 Å². The van der Waals surface area contributed by atoms with Gasteiger partial charge in [-0.3, -0.25) is 9.97 Å². The summed E-state index contributed by atoms with van der Waals surface area (Å²) in [6.07, 6.45) is 7.36. The van der Waals surface area contributed by atoms with E-state index in [1.807, 2.05) is 36.8 Å². The maximum atomic E-state index is 6.74. The first kappa shape index (κ1) is 61.6. The number of benzene rings is 12. The molecule has 0 N–H and O–H groups in total. The highest BCUT2D eigenvalue weighted by Crippen LogP contribution is 2.40. The molecule has 0 amide bonds. The van der Waals surface area contributed by atoms with Crippen LogP contribution in [0, 0.1) is 0 Å². The van der Waals surface area contributed by atoms with E-state index in [1.54, 1.807) is 6.20 Å². The second-order valence-corrected chi connectivity index (χ2v) is 25.4. The average molecular weight is 1250 g/mol. The first-order valence-corrected chi connectivity index (χ1v) is 32.2. The van der Waals surface area contributed by atoms with Gasteiger partial charge in [0, 0.05) is 46.7 Å². The van der Waals surface area contributed by atoms with Crippen LogP contribution < -0.4 is 5.46 Å². The predicted octanol–water partition coefficient (Wildman–Crippen LogP) is 22.8. The van der Waals surface area contributed by atoms with Crippen LogP contribution in [0.3, 0.4) is 0 Å². The number of hydrogen-bond donors (Lipinski definition) is 0. The lowest BCUT2D eigenvalue weighted by molar-refractivity contribution is 0.00578. The molecule has 0 atom stereocenters. The summed E-state index contributed by atoms with van der Waals surface area (Å²) in [5.74, 6) is 0. The zero-order valence-corrected chi connectivity index (χ0v) is 53.3. The highest BCUT2D eigenvalue weighted by Gasteiger charge is 2.51. The normalized spacial score (nSPS) is 13.1. The van der Waals surface area contributed by atoms with Gasteiger partial charge in [-0.25, -0.2) is 9.97 Å². The molecule has 1 aliphatic rings. The first-order valence-electron chi connectivity index (χ1n) is 31.8. The van der Waals surface area contributed by atoms with Crippen LogP contribution in [0.2, 0.25) is 5.02 Å². The SMILES string of the molecule is C.CC1(C)OB(c2ccc(-c3cccnc3)cc2)OC1(C)C.Clc1cc(-c2ccc3ccccc3c2)nc2ccc(-c3ccc4ccccc4c3)cc12.c1cncc(-c2ccc(-c3cc(-c4ccc5ccccc5c4)nc4ccc(-c5ccc6ccccc6c5)cc34)cc2)c1. The van der Waals surface area contributed by atoms with Gasteiger partial charge < -0.3 is 9.31 Å². The molecule has 1 saturated heterocycles. The van der Waals surface area contributed by atoms with Crippen LogP contribution in [-0.4, -0.2) is 38.3 Å². The van der Waals surface area contributed by atoms with E-state index >= 15 is 0 Å². The molecule has 0 saturated carbocycles. The van der Waals surface area contributed by atoms with Crippen LogP contribution in [0.5, 0.6) is 0 Å². The van der Waals surface area contributed by atoms with Gasteiger partial charge in [0.1, 0.15) is 0 Å². The fourth-order valence-electron chi connectivity index (χ4n) is 12.5. The molecule has 4 aromatic heterocycles. The van der Waals surface area contributed by atoms with E-state index in [0.717, 1.165) is 88.2 Å². The van der Waals surface area contributed by atoms with Crippen LogP contribution in [0.4, 0.5) is 0 Å². The second-order valence-electron chi connectivity index (χ2n) is 25.0. The van der Waals surface area contributed by atoms with Crippen LogP contribution in [0.15, 0.2) is 316 Å². The van der Waals surface area contributed by atoms with E-state index in [-0.39, 0.29) is 25.7 Å². The van der Waals surface area contributed by atoms with Gasteiger partial charge in [-0.05, 0) is 205 Å². The number of pyridine rings is 4. The Bertz CT molecular complexity index is 5450. The maximum Gasteiger partial charge on any atom is 0.494 e. The molecule has 95 heavy (non-hydrogen) atoms. The molecular formula is C87H68BClN4O2. The van der Waals surface area contributed by atoms with Crippen LogP contribution in [0.1, 0.15) is 35.1 Å². The molecule has 0 unspecified atom stereocenters. The highest BCUT2D eigenvalue weighted by molar-refractivity contribution is 6.62. The number of aromatic nitrogens is 4. The summed E-state index contributed by atoms with van der Waals surface area (Å²) in [4.78, 5) is 18.5. The minimum absolute atomic E-state index is 0. The number of fused-ring (bicyclic) bond motifs is 6. The van der Waals surface area contributed by atoms with E-state index in [0.29, 0.717) is 0 Å². The van der Waals surface area contributed by atoms with Crippen molar-refractivity contribution in [3.05, 3.63) is 321 Å². The van der Waals surface area contributed by atoms with Crippen molar-refractivity contribution in [1.82, 2.24) is 19.9 Å². The summed E-state index contributed by atoms with van der Waals surface area (Å²) in [6.45, 7) is 8.27. The van der Waals surface area contributed by atoms with Gasteiger partial charge in [0.15, 0.2) is 0 Å². The summed E-state index contributed by atoms with van der Waals surface area (Å²) in [5.41, 5.74) is 17.9. The van der Waals surface area contributed by atoms with Gasteiger partial charge in [0.2, 0.25) is 0 Å². The van der Waals surface area contributed by atoms with Gasteiger partial charge in [-0.15, -0.1) is 0 Å². The lowest BCUT2D eigenvalue weighted by atomic mass is 9.78. The molecule has 458 valence electrons. The molecule has 6 nitrogen and oxygen atoms in total. The van der Waals surface area contributed by atoms with E-state index in [1.165, 1.54) is 65.3 Å². The Morgan fingerprint density at radius 1 is 0.305 bits per heavy atom. The predicted molar refractivity (Wildman–Crippen MR) is 401 cm³/mol. The Kier molecular flexibility index (Phi) is 17.0. The van der Waals surface area contributed by atoms with Crippen LogP contribution in [0.25, 0.3) is 143 Å². The zero-order chi connectivity index (χ0) is 63.8. The fraction of sp³-hybridized carbons (Fsp3) is 0.0805. The quantitative estimate of drug-likeness (QED) is 0.141. The highest BCUT2D eigenvalue weighted by atomic mass is 35.5. The Hall–Kier alpha value is -10.9. The first-order chi connectivity index (χ1) is 45.9. The van der Waals surface area contributed by atoms with E-state index < -0.39 is 0 Å². The molecule has 0 bridgehead atoms. The number of halogens is 1. The molecule has 0 aliphatic carbocycles. The largest absolute Gasteiger partial charge is 0.494 e. The van der Waals surface area contributed by atoms with Crippen LogP contribution >= 0.6 is 11.6 Å². The van der Waals surface area contributed by atoms with Crippen molar-refractivity contribution in [3.63, 3.8) is 0 Å². The van der Waals surface area contributed by atoms with Gasteiger partial charge in [0.05, 0.1) is 38.6 Å². The summed E-state index contributed by atoms with van der Waals surface area (Å²) >= 11 is 6.74. The lowest BCUT2D eigenvalue weighted by Gasteiger charge is -2.32. The molecule has 5 heterocycles. The standard InChI is InChI=1S/C40H26N2.C29H18ClN.C17H20BNO2.CH4/c1-3-8-31-22-33(17-13-27(31)6-1)34-19-20-39-38(24-34)37(30-15-11-29(12-16-30)36-10-5-21-41-26-36)25-40(42-39)35-18-14-28-7-2-4-9-32(28)23-35;30-27-18-29(25-12-10-20-6-2-4-8-22(20)16-25)31-28-14-13-24(17-26(27)28)23-11-9-19-5-1-3-7-21(19)15-23;1-16(2)17(3,4)21-18(20-16)15-9-7-13(8-10-15)14-6-5-11-19-12-14;/h1-26H;1-18H;5-12H,1-4H3;1H4. The second kappa shape index (κ2) is 26.2. The van der Waals surface area contributed by atoms with Crippen LogP contribution in [-0.2, 0) is 9.31 Å². The van der Waals surface area contributed by atoms with Crippen molar-refractivity contribution in [2.75, 3.05) is 0 Å². The van der Waals surface area contributed by atoms with E-state index in [2.05, 4.69) is 311 Å². The van der Waals surface area contributed by atoms with Gasteiger partial charge in [-0.2, -0.15) is 0 Å². The smallest absolute Gasteiger partial charge is 0.399 e. The summed E-state index contributed by atoms with van der Waals surface area (Å²) in [6, 6.07) is 102. The van der Waals surface area contributed by atoms with Crippen molar-refractivity contribution >= 4 is 89.1 Å². The van der Waals surface area contributed by atoms with Gasteiger partial charge in [-0.1, -0.05) is 237 Å². The molecular weight excluding hydrogens is 1180 g/mol. The Morgan fingerprint density at radius 2 is 0.653 bits per heavy atom. The van der Waals surface area contributed by atoms with Gasteiger partial charge in [0.25, 0.3) is 0 Å². The molecule has 1 fully saturated rings. The third-order valence-electron chi connectivity index (χ3n) is 18.4. The molecule has 0 spiro atoms. The molecule has 0 radical (unpaired) electrons. The Morgan fingerprint density at radius 3 is 1.09 bits per heavy atom. The third kappa shape index (κ3) is 12.9. The molecule has 16 aromatic rings. The number of rotatable bonds is 8. The fourth-order valence-corrected chi connectivity index (χ4v) is 12.7. The van der Waals surface area contributed by atoms with Crippen molar-refractivity contribution in [3.8, 4) is 78.1 Å². The molecule has 12 aromatic carbocycles. The molecule has 17 rings (SSSR count). The Labute approximate surface area is 560 Å². The number of hydrogen-bond acceptors (Lipinski definition) is 6. The topological polar surface area (TPSA) is 70.0 Å². The minimum Gasteiger partial charge on any atom is -0.399 e. The summed E-state index contributed by atoms with van der Waals surface area (Å²) in [5, 5.41) is 12.7. The summed E-state index contributed by atoms with van der Waals surface area (Å²) in [7, 11) is -0.307. The monoisotopic (exact) mass is 1250 g/mol. The molecule has 8 heteroatoms.